The number of carbonyl (C=O) groups excluding carboxylic acids is 3. The highest BCUT2D eigenvalue weighted by Crippen LogP contribution is 2.20. The second-order valence-electron chi connectivity index (χ2n) is 6.39. The van der Waals surface area contributed by atoms with E-state index in [4.69, 9.17) is 4.74 Å². The topological polar surface area (TPSA) is 89.4 Å². The lowest BCUT2D eigenvalue weighted by Crippen LogP contribution is -2.43. The predicted octanol–water partition coefficient (Wildman–Crippen LogP) is 2.83. The fourth-order valence-electron chi connectivity index (χ4n) is 2.84. The lowest BCUT2D eigenvalue weighted by atomic mass is 10.2. The molecule has 0 bridgehead atoms. The van der Waals surface area contributed by atoms with Gasteiger partial charge in [-0.3, -0.25) is 20.4 Å². The first-order valence-corrected chi connectivity index (χ1v) is 9.84. The molecule has 7 nitrogen and oxygen atoms in total. The molecular weight excluding hydrogens is 390 g/mol. The molecule has 3 aromatic rings. The number of carbonyl (C=O) groups is 3. The number of rotatable bonds is 6. The average Bonchev–Trinajstić information content (AvgIpc) is 3.34. The molecule has 0 aliphatic carbocycles. The van der Waals surface area contributed by atoms with E-state index in [0.717, 1.165) is 11.4 Å². The van der Waals surface area contributed by atoms with Crippen LogP contribution in [0.15, 0.2) is 53.9 Å². The van der Waals surface area contributed by atoms with E-state index < -0.39 is 24.4 Å². The number of esters is 1. The molecule has 0 atom stereocenters. The van der Waals surface area contributed by atoms with Gasteiger partial charge < -0.3 is 9.30 Å². The largest absolute Gasteiger partial charge is 0.452 e. The van der Waals surface area contributed by atoms with Crippen LogP contribution < -0.4 is 10.9 Å². The lowest BCUT2D eigenvalue weighted by molar-refractivity contribution is -0.125. The Morgan fingerprint density at radius 1 is 1.03 bits per heavy atom. The van der Waals surface area contributed by atoms with Gasteiger partial charge in [0, 0.05) is 21.8 Å². The molecule has 29 heavy (non-hydrogen) atoms. The summed E-state index contributed by atoms with van der Waals surface area (Å²) >= 11 is 1.65. The Morgan fingerprint density at radius 3 is 2.48 bits per heavy atom. The van der Waals surface area contributed by atoms with Gasteiger partial charge in [-0.15, -0.1) is 11.3 Å². The van der Waals surface area contributed by atoms with E-state index in [1.54, 1.807) is 47.7 Å². The molecule has 8 heteroatoms. The number of hydrogen-bond donors (Lipinski definition) is 2. The van der Waals surface area contributed by atoms with Crippen LogP contribution in [0, 0.1) is 13.8 Å². The third-order valence-electron chi connectivity index (χ3n) is 4.37. The van der Waals surface area contributed by atoms with Crippen molar-refractivity contribution in [1.82, 2.24) is 15.4 Å². The monoisotopic (exact) mass is 411 g/mol. The van der Waals surface area contributed by atoms with Crippen molar-refractivity contribution >= 4 is 29.1 Å². The lowest BCUT2D eigenvalue weighted by Gasteiger charge is -2.09. The molecular formula is C21H21N3O4S. The zero-order valence-electron chi connectivity index (χ0n) is 16.1. The molecule has 3 rings (SSSR count). The highest BCUT2D eigenvalue weighted by molar-refractivity contribution is 7.09. The van der Waals surface area contributed by atoms with E-state index in [-0.39, 0.29) is 0 Å². The minimum absolute atomic E-state index is 0.406. The van der Waals surface area contributed by atoms with Crippen LogP contribution in [0.2, 0.25) is 0 Å². The van der Waals surface area contributed by atoms with E-state index in [2.05, 4.69) is 10.9 Å². The number of benzene rings is 1. The summed E-state index contributed by atoms with van der Waals surface area (Å²) in [6, 6.07) is 14.2. The summed E-state index contributed by atoms with van der Waals surface area (Å²) in [6.45, 7) is 3.94. The second kappa shape index (κ2) is 9.20. The number of hydrazine groups is 1. The van der Waals surface area contributed by atoms with Crippen LogP contribution in [0.3, 0.4) is 0 Å². The van der Waals surface area contributed by atoms with E-state index in [9.17, 15) is 14.4 Å². The summed E-state index contributed by atoms with van der Waals surface area (Å²) in [5.74, 6) is -1.67. The molecule has 2 amide bonds. The normalized spacial score (nSPS) is 10.4. The molecule has 0 saturated heterocycles. The summed E-state index contributed by atoms with van der Waals surface area (Å²) in [7, 11) is 0. The Bertz CT molecular complexity index is 1010. The molecule has 2 aromatic heterocycles. The van der Waals surface area contributed by atoms with E-state index in [1.165, 1.54) is 4.88 Å². The van der Waals surface area contributed by atoms with Gasteiger partial charge in [0.15, 0.2) is 6.61 Å². The highest BCUT2D eigenvalue weighted by atomic mass is 32.1. The van der Waals surface area contributed by atoms with E-state index >= 15 is 0 Å². The quantitative estimate of drug-likeness (QED) is 0.482. The van der Waals surface area contributed by atoms with E-state index in [0.29, 0.717) is 17.7 Å². The number of amides is 2. The van der Waals surface area contributed by atoms with Gasteiger partial charge in [0.25, 0.3) is 11.8 Å². The van der Waals surface area contributed by atoms with Crippen LogP contribution >= 0.6 is 11.3 Å². The van der Waals surface area contributed by atoms with Crippen molar-refractivity contribution in [2.24, 2.45) is 0 Å². The van der Waals surface area contributed by atoms with Crippen molar-refractivity contribution in [2.45, 2.75) is 20.4 Å². The third kappa shape index (κ3) is 5.11. The van der Waals surface area contributed by atoms with Crippen LogP contribution in [0.1, 0.15) is 37.0 Å². The SMILES string of the molecule is Cc1cc(C(=O)OCC(=O)NNC(=O)c2ccccc2)c(C)n1Cc1cccs1. The van der Waals surface area contributed by atoms with Gasteiger partial charge in [-0.1, -0.05) is 24.3 Å². The zero-order chi connectivity index (χ0) is 20.8. The van der Waals surface area contributed by atoms with Crippen LogP contribution in [0.5, 0.6) is 0 Å². The van der Waals surface area contributed by atoms with Crippen molar-refractivity contribution < 1.29 is 19.1 Å². The Hall–Kier alpha value is -3.39. The Balaban J connectivity index is 1.52. The first kappa shape index (κ1) is 20.3. The fourth-order valence-corrected chi connectivity index (χ4v) is 3.54. The Kier molecular flexibility index (Phi) is 6.46. The van der Waals surface area contributed by atoms with Crippen molar-refractivity contribution in [2.75, 3.05) is 6.61 Å². The minimum Gasteiger partial charge on any atom is -0.452 e. The molecule has 0 aliphatic heterocycles. The summed E-state index contributed by atoms with van der Waals surface area (Å²) in [5, 5.41) is 2.01. The number of thiophene rings is 1. The first-order valence-electron chi connectivity index (χ1n) is 8.96. The van der Waals surface area contributed by atoms with Gasteiger partial charge in [-0.2, -0.15) is 0 Å². The van der Waals surface area contributed by atoms with Crippen LogP contribution in [0.4, 0.5) is 0 Å². The molecule has 2 heterocycles. The second-order valence-corrected chi connectivity index (χ2v) is 7.43. The molecule has 0 unspecified atom stereocenters. The maximum absolute atomic E-state index is 12.4. The molecule has 0 aliphatic rings. The van der Waals surface area contributed by atoms with Gasteiger partial charge in [0.1, 0.15) is 0 Å². The molecule has 150 valence electrons. The molecule has 0 saturated carbocycles. The molecule has 1 aromatic carbocycles. The molecule has 0 fully saturated rings. The maximum Gasteiger partial charge on any atom is 0.340 e. The van der Waals surface area contributed by atoms with Crippen molar-refractivity contribution in [3.05, 3.63) is 81.3 Å². The number of hydrogen-bond acceptors (Lipinski definition) is 5. The molecule has 0 spiro atoms. The van der Waals surface area contributed by atoms with Crippen molar-refractivity contribution in [1.29, 1.82) is 0 Å². The highest BCUT2D eigenvalue weighted by Gasteiger charge is 2.18. The summed E-state index contributed by atoms with van der Waals surface area (Å²) < 4.78 is 7.13. The number of aromatic nitrogens is 1. The Labute approximate surface area is 172 Å². The summed E-state index contributed by atoms with van der Waals surface area (Å²) in [4.78, 5) is 37.3. The average molecular weight is 411 g/mol. The van der Waals surface area contributed by atoms with Crippen LogP contribution in [0.25, 0.3) is 0 Å². The zero-order valence-corrected chi connectivity index (χ0v) is 16.9. The van der Waals surface area contributed by atoms with Crippen LogP contribution in [-0.2, 0) is 16.1 Å². The first-order chi connectivity index (χ1) is 14.0. The number of aryl methyl sites for hydroxylation is 1. The number of ether oxygens (including phenoxy) is 1. The van der Waals surface area contributed by atoms with E-state index in [1.807, 2.05) is 35.9 Å². The van der Waals surface area contributed by atoms with Crippen molar-refractivity contribution in [3.8, 4) is 0 Å². The molecule has 0 radical (unpaired) electrons. The molecule has 2 N–H and O–H groups in total. The maximum atomic E-state index is 12.4. The fraction of sp³-hybridized carbons (Fsp3) is 0.190. The van der Waals surface area contributed by atoms with Gasteiger partial charge >= 0.3 is 5.97 Å². The number of nitrogens with one attached hydrogen (secondary N) is 2. The summed E-state index contributed by atoms with van der Waals surface area (Å²) in [5.41, 5.74) is 7.04. The van der Waals surface area contributed by atoms with Gasteiger partial charge in [0.05, 0.1) is 12.1 Å². The smallest absolute Gasteiger partial charge is 0.340 e. The van der Waals surface area contributed by atoms with Gasteiger partial charge in [-0.05, 0) is 43.5 Å². The van der Waals surface area contributed by atoms with Crippen LogP contribution in [-0.4, -0.2) is 29.0 Å². The number of nitrogens with zero attached hydrogens (tertiary/aromatic N) is 1. The predicted molar refractivity (Wildman–Crippen MR) is 110 cm³/mol. The standard InChI is InChI=1S/C21H21N3O4S/c1-14-11-18(15(2)24(14)12-17-9-6-10-29-17)21(27)28-13-19(25)22-23-20(26)16-7-4-3-5-8-16/h3-11H,12-13H2,1-2H3,(H,22,25)(H,23,26). The summed E-state index contributed by atoms with van der Waals surface area (Å²) in [6.07, 6.45) is 0. The Morgan fingerprint density at radius 2 is 1.79 bits per heavy atom. The van der Waals surface area contributed by atoms with Gasteiger partial charge in [-0.25, -0.2) is 4.79 Å². The van der Waals surface area contributed by atoms with Gasteiger partial charge in [0.2, 0.25) is 0 Å². The van der Waals surface area contributed by atoms with Crippen molar-refractivity contribution in [3.63, 3.8) is 0 Å². The third-order valence-corrected chi connectivity index (χ3v) is 5.23. The minimum atomic E-state index is -0.630.